The van der Waals surface area contributed by atoms with Crippen LogP contribution < -0.4 is 10.1 Å². The average Bonchev–Trinajstić information content (AvgIpc) is 2.24. The van der Waals surface area contributed by atoms with Crippen molar-refractivity contribution in [1.82, 2.24) is 5.32 Å². The Morgan fingerprint density at radius 3 is 2.41 bits per heavy atom. The van der Waals surface area contributed by atoms with Crippen LogP contribution in [0, 0.1) is 11.6 Å². The van der Waals surface area contributed by atoms with Gasteiger partial charge in [0.05, 0.1) is 0 Å². The van der Waals surface area contributed by atoms with E-state index >= 15 is 0 Å². The van der Waals surface area contributed by atoms with E-state index in [2.05, 4.69) is 11.9 Å². The zero-order valence-corrected chi connectivity index (χ0v) is 10.1. The van der Waals surface area contributed by atoms with Crippen molar-refractivity contribution in [3.05, 3.63) is 41.5 Å². The van der Waals surface area contributed by atoms with E-state index in [1.54, 1.807) is 6.92 Å². The molecule has 0 aliphatic rings. The lowest BCUT2D eigenvalue weighted by molar-refractivity contribution is 0.312. The Kier molecular flexibility index (Phi) is 5.10. The van der Waals surface area contributed by atoms with Crippen LogP contribution in [-0.4, -0.2) is 13.2 Å². The van der Waals surface area contributed by atoms with E-state index < -0.39 is 11.6 Å². The largest absolute Gasteiger partial charge is 0.483 e. The molecule has 17 heavy (non-hydrogen) atoms. The van der Waals surface area contributed by atoms with Crippen molar-refractivity contribution in [2.45, 2.75) is 20.4 Å². The highest BCUT2D eigenvalue weighted by atomic mass is 19.1. The second-order valence-corrected chi connectivity index (χ2v) is 3.91. The van der Waals surface area contributed by atoms with Gasteiger partial charge in [0.2, 0.25) is 0 Å². The van der Waals surface area contributed by atoms with Crippen LogP contribution in [0.4, 0.5) is 8.78 Å². The molecule has 0 atom stereocenters. The van der Waals surface area contributed by atoms with Gasteiger partial charge in [-0.2, -0.15) is 0 Å². The average molecular weight is 241 g/mol. The van der Waals surface area contributed by atoms with Gasteiger partial charge >= 0.3 is 0 Å². The summed E-state index contributed by atoms with van der Waals surface area (Å²) in [5.41, 5.74) is 1.27. The normalized spacial score (nSPS) is 10.4. The SMILES string of the molecule is C=C(C)COc1c(F)cc(CNCC)cc1F. The zero-order chi connectivity index (χ0) is 12.8. The highest BCUT2D eigenvalue weighted by molar-refractivity contribution is 5.31. The van der Waals surface area contributed by atoms with Crippen LogP contribution in [0.1, 0.15) is 19.4 Å². The van der Waals surface area contributed by atoms with Crippen LogP contribution in [0.5, 0.6) is 5.75 Å². The molecule has 0 fully saturated rings. The molecule has 0 heterocycles. The summed E-state index contributed by atoms with van der Waals surface area (Å²) < 4.78 is 32.2. The van der Waals surface area contributed by atoms with Gasteiger partial charge in [-0.1, -0.05) is 13.5 Å². The topological polar surface area (TPSA) is 21.3 Å². The van der Waals surface area contributed by atoms with Gasteiger partial charge in [0.15, 0.2) is 17.4 Å². The third-order valence-electron chi connectivity index (χ3n) is 2.10. The number of hydrogen-bond donors (Lipinski definition) is 1. The second kappa shape index (κ2) is 6.35. The van der Waals surface area contributed by atoms with Crippen molar-refractivity contribution in [2.24, 2.45) is 0 Å². The maximum atomic E-state index is 13.6. The lowest BCUT2D eigenvalue weighted by Crippen LogP contribution is -2.12. The van der Waals surface area contributed by atoms with Crippen molar-refractivity contribution in [3.8, 4) is 5.75 Å². The first kappa shape index (κ1) is 13.6. The maximum Gasteiger partial charge on any atom is 0.191 e. The fourth-order valence-electron chi connectivity index (χ4n) is 1.32. The van der Waals surface area contributed by atoms with Crippen molar-refractivity contribution < 1.29 is 13.5 Å². The first-order valence-corrected chi connectivity index (χ1v) is 5.50. The molecule has 1 rings (SSSR count). The van der Waals surface area contributed by atoms with Crippen LogP contribution in [0.2, 0.25) is 0 Å². The number of nitrogens with one attached hydrogen (secondary N) is 1. The predicted octanol–water partition coefficient (Wildman–Crippen LogP) is 3.03. The Hall–Kier alpha value is -1.42. The molecule has 0 aliphatic carbocycles. The quantitative estimate of drug-likeness (QED) is 0.773. The van der Waals surface area contributed by atoms with E-state index in [1.165, 1.54) is 12.1 Å². The second-order valence-electron chi connectivity index (χ2n) is 3.91. The van der Waals surface area contributed by atoms with Gasteiger partial charge in [0.1, 0.15) is 6.61 Å². The molecule has 1 N–H and O–H groups in total. The summed E-state index contributed by atoms with van der Waals surface area (Å²) in [6, 6.07) is 2.55. The monoisotopic (exact) mass is 241 g/mol. The summed E-state index contributed by atoms with van der Waals surface area (Å²) in [6.45, 7) is 8.56. The van der Waals surface area contributed by atoms with Gasteiger partial charge in [0, 0.05) is 6.54 Å². The minimum atomic E-state index is -0.681. The van der Waals surface area contributed by atoms with Crippen LogP contribution in [0.3, 0.4) is 0 Å². The molecule has 0 saturated carbocycles. The molecule has 2 nitrogen and oxygen atoms in total. The summed E-state index contributed by atoms with van der Waals surface area (Å²) in [5, 5.41) is 3.00. The van der Waals surface area contributed by atoms with E-state index in [0.717, 1.165) is 6.54 Å². The standard InChI is InChI=1S/C13H17F2NO/c1-4-16-7-10-5-11(14)13(12(15)6-10)17-8-9(2)3/h5-6,16H,2,4,7-8H2,1,3H3. The smallest absolute Gasteiger partial charge is 0.191 e. The summed E-state index contributed by atoms with van der Waals surface area (Å²) >= 11 is 0. The Bertz CT molecular complexity index is 381. The first-order chi connectivity index (χ1) is 8.04. The van der Waals surface area contributed by atoms with E-state index in [1.807, 2.05) is 6.92 Å². The lowest BCUT2D eigenvalue weighted by Gasteiger charge is -2.10. The van der Waals surface area contributed by atoms with Gasteiger partial charge in [-0.25, -0.2) is 8.78 Å². The molecular weight excluding hydrogens is 224 g/mol. The number of ether oxygens (including phenoxy) is 1. The van der Waals surface area contributed by atoms with E-state index in [9.17, 15) is 8.78 Å². The lowest BCUT2D eigenvalue weighted by atomic mass is 10.2. The Morgan fingerprint density at radius 1 is 1.35 bits per heavy atom. The minimum absolute atomic E-state index is 0.112. The van der Waals surface area contributed by atoms with E-state index in [-0.39, 0.29) is 12.4 Å². The summed E-state index contributed by atoms with van der Waals surface area (Å²) in [7, 11) is 0. The molecule has 0 aromatic heterocycles. The molecule has 0 aliphatic heterocycles. The predicted molar refractivity (Wildman–Crippen MR) is 64.0 cm³/mol. The van der Waals surface area contributed by atoms with Gasteiger partial charge in [-0.3, -0.25) is 0 Å². The van der Waals surface area contributed by atoms with Crippen LogP contribution in [0.15, 0.2) is 24.3 Å². The van der Waals surface area contributed by atoms with Crippen LogP contribution in [0.25, 0.3) is 0 Å². The molecule has 0 bridgehead atoms. The van der Waals surface area contributed by atoms with Gasteiger partial charge in [-0.15, -0.1) is 0 Å². The van der Waals surface area contributed by atoms with Crippen molar-refractivity contribution in [2.75, 3.05) is 13.2 Å². The van der Waals surface area contributed by atoms with E-state index in [4.69, 9.17) is 4.74 Å². The highest BCUT2D eigenvalue weighted by Gasteiger charge is 2.12. The fraction of sp³-hybridized carbons (Fsp3) is 0.385. The molecule has 1 aromatic carbocycles. The molecule has 0 spiro atoms. The number of rotatable bonds is 6. The summed E-state index contributed by atoms with van der Waals surface area (Å²) in [5.74, 6) is -1.70. The number of benzene rings is 1. The fourth-order valence-corrected chi connectivity index (χ4v) is 1.32. The Labute approximate surface area is 100 Å². The highest BCUT2D eigenvalue weighted by Crippen LogP contribution is 2.23. The van der Waals surface area contributed by atoms with Crippen molar-refractivity contribution in [3.63, 3.8) is 0 Å². The van der Waals surface area contributed by atoms with Gasteiger partial charge < -0.3 is 10.1 Å². The molecule has 0 unspecified atom stereocenters. The Balaban J connectivity index is 2.82. The molecule has 0 saturated heterocycles. The van der Waals surface area contributed by atoms with Crippen LogP contribution in [-0.2, 0) is 6.54 Å². The zero-order valence-electron chi connectivity index (χ0n) is 10.1. The van der Waals surface area contributed by atoms with Crippen LogP contribution >= 0.6 is 0 Å². The van der Waals surface area contributed by atoms with Crippen molar-refractivity contribution in [1.29, 1.82) is 0 Å². The molecule has 94 valence electrons. The summed E-state index contributed by atoms with van der Waals surface area (Å²) in [6.07, 6.45) is 0. The maximum absolute atomic E-state index is 13.6. The molecule has 4 heteroatoms. The first-order valence-electron chi connectivity index (χ1n) is 5.50. The third kappa shape index (κ3) is 4.15. The summed E-state index contributed by atoms with van der Waals surface area (Å²) in [4.78, 5) is 0. The molecule has 0 amide bonds. The molecule has 0 radical (unpaired) electrons. The Morgan fingerprint density at radius 2 is 1.94 bits per heavy atom. The van der Waals surface area contributed by atoms with Gasteiger partial charge in [-0.05, 0) is 36.7 Å². The third-order valence-corrected chi connectivity index (χ3v) is 2.10. The molecule has 1 aromatic rings. The minimum Gasteiger partial charge on any atom is -0.483 e. The molecular formula is C13H17F2NO. The van der Waals surface area contributed by atoms with E-state index in [0.29, 0.717) is 17.7 Å². The number of hydrogen-bond acceptors (Lipinski definition) is 2. The van der Waals surface area contributed by atoms with Crippen molar-refractivity contribution >= 4 is 0 Å². The number of halogens is 2. The van der Waals surface area contributed by atoms with Gasteiger partial charge in [0.25, 0.3) is 0 Å².